The van der Waals surface area contributed by atoms with Crippen molar-refractivity contribution < 1.29 is 21.7 Å². The summed E-state index contributed by atoms with van der Waals surface area (Å²) in [6.45, 7) is 0. The van der Waals surface area contributed by atoms with Gasteiger partial charge in [-0.05, 0) is 24.5 Å². The monoisotopic (exact) mass is 373 g/mol. The molecule has 0 amide bonds. The van der Waals surface area contributed by atoms with Gasteiger partial charge in [0.05, 0.1) is 0 Å². The van der Waals surface area contributed by atoms with Gasteiger partial charge in [0.1, 0.15) is 0 Å². The minimum atomic E-state index is 0. The van der Waals surface area contributed by atoms with Gasteiger partial charge in [-0.15, -0.1) is 0 Å². The minimum absolute atomic E-state index is 0. The second-order valence-corrected chi connectivity index (χ2v) is 5.71. The molecule has 1 rings (SSSR count). The van der Waals surface area contributed by atoms with E-state index in [9.17, 15) is 0 Å². The maximum Gasteiger partial charge on any atom is 4.00 e. The fraction of sp³-hybridized carbons (Fsp3) is 0.917. The molecule has 1 aliphatic rings. The zero-order valence-electron chi connectivity index (χ0n) is 12.6. The van der Waals surface area contributed by atoms with E-state index in [1.807, 2.05) is 7.05 Å². The van der Waals surface area contributed by atoms with Crippen LogP contribution in [0.4, 0.5) is 0 Å². The summed E-state index contributed by atoms with van der Waals surface area (Å²) in [5.74, 6) is 2.07. The van der Waals surface area contributed by atoms with Crippen LogP contribution in [0.5, 0.6) is 0 Å². The van der Waals surface area contributed by atoms with Crippen LogP contribution in [0, 0.1) is 13.3 Å². The molecule has 0 aromatic carbocycles. The van der Waals surface area contributed by atoms with Crippen molar-refractivity contribution in [2.75, 3.05) is 41.0 Å². The minimum Gasteiger partial charge on any atom is -0.668 e. The van der Waals surface area contributed by atoms with Crippen molar-refractivity contribution in [1.82, 2.24) is 0 Å². The van der Waals surface area contributed by atoms with E-state index >= 15 is 0 Å². The van der Waals surface area contributed by atoms with E-state index in [4.69, 9.17) is 0 Å². The smallest absolute Gasteiger partial charge is 0.668 e. The number of alkyl halides is 1. The molecule has 0 aliphatic heterocycles. The van der Waals surface area contributed by atoms with Crippen molar-refractivity contribution in [2.24, 2.45) is 5.92 Å². The first-order chi connectivity index (χ1) is 7.67. The molecule has 1 fully saturated rings. The maximum atomic E-state index is 4.03. The Bertz CT molecular complexity index is 132. The number of hydrogen-bond acceptors (Lipinski definition) is 1. The van der Waals surface area contributed by atoms with Gasteiger partial charge in [0, 0.05) is 4.83 Å². The third-order valence-electron chi connectivity index (χ3n) is 1.98. The molecule has 18 heavy (non-hydrogen) atoms. The Kier molecular flexibility index (Phi) is 36.2. The van der Waals surface area contributed by atoms with Crippen LogP contribution in [-0.4, -0.2) is 45.8 Å². The molecule has 0 aromatic heterocycles. The topological polar surface area (TPSA) is 42.3 Å². The van der Waals surface area contributed by atoms with Crippen LogP contribution in [0.3, 0.4) is 0 Å². The van der Waals surface area contributed by atoms with E-state index in [1.54, 1.807) is 40.1 Å². The van der Waals surface area contributed by atoms with Gasteiger partial charge in [-0.25, -0.2) is 0 Å². The van der Waals surface area contributed by atoms with E-state index in [-0.39, 0.29) is 29.1 Å². The molecule has 2 atom stereocenters. The van der Waals surface area contributed by atoms with Crippen molar-refractivity contribution in [2.45, 2.75) is 24.1 Å². The van der Waals surface area contributed by atoms with E-state index in [0.717, 1.165) is 10.7 Å². The summed E-state index contributed by atoms with van der Waals surface area (Å²) in [5, 5.41) is 7.00. The third-order valence-corrected chi connectivity index (χ3v) is 4.02. The summed E-state index contributed by atoms with van der Waals surface area (Å²) >= 11 is 5.38. The fourth-order valence-electron chi connectivity index (χ4n) is 1.35. The fourth-order valence-corrected chi connectivity index (χ4v) is 3.11. The predicted octanol–water partition coefficient (Wildman–Crippen LogP) is 4.89. The van der Waals surface area contributed by atoms with Gasteiger partial charge in [0.25, 0.3) is 0 Å². The molecule has 0 aromatic rings. The average molecular weight is 374 g/mol. The summed E-state index contributed by atoms with van der Waals surface area (Å²) in [6.07, 6.45) is 4.14. The second kappa shape index (κ2) is 23.5. The summed E-state index contributed by atoms with van der Waals surface area (Å²) in [4.78, 5) is 0.766. The SMILES string of the molecule is C[N-]C.C[N-]C.C[N-]SC[C@@H]1CCCC1Br.[CH3-].[Ti+4]. The molecule has 6 heteroatoms. The van der Waals surface area contributed by atoms with Gasteiger partial charge in [-0.2, -0.15) is 35.2 Å². The third kappa shape index (κ3) is 19.8. The zero-order valence-corrected chi connectivity index (χ0v) is 16.6. The largest absolute Gasteiger partial charge is 4.00 e. The normalized spacial score (nSPS) is 20.3. The van der Waals surface area contributed by atoms with Crippen molar-refractivity contribution in [3.8, 4) is 0 Å². The Hall–Kier alpha value is 1.42. The molecule has 0 saturated heterocycles. The molecule has 3 nitrogen and oxygen atoms in total. The predicted molar refractivity (Wildman–Crippen MR) is 88.6 cm³/mol. The molecule has 0 radical (unpaired) electrons. The first kappa shape index (κ1) is 27.7. The molecule has 108 valence electrons. The van der Waals surface area contributed by atoms with Crippen LogP contribution in [0.1, 0.15) is 19.3 Å². The van der Waals surface area contributed by atoms with Crippen LogP contribution in [0.15, 0.2) is 0 Å². The van der Waals surface area contributed by atoms with Crippen LogP contribution < -0.4 is 0 Å². The van der Waals surface area contributed by atoms with Crippen LogP contribution in [0.25, 0.3) is 15.4 Å². The quantitative estimate of drug-likeness (QED) is 0.300. The molecule has 1 unspecified atom stereocenters. The van der Waals surface area contributed by atoms with E-state index in [1.165, 1.54) is 25.0 Å². The number of rotatable bonds is 3. The summed E-state index contributed by atoms with van der Waals surface area (Å²) < 4.78 is 4.03. The van der Waals surface area contributed by atoms with Crippen molar-refractivity contribution in [3.63, 3.8) is 0 Å². The molecule has 0 spiro atoms. The van der Waals surface area contributed by atoms with Gasteiger partial charge >= 0.3 is 21.7 Å². The van der Waals surface area contributed by atoms with E-state index < -0.39 is 0 Å². The molecular weight excluding hydrogens is 346 g/mol. The van der Waals surface area contributed by atoms with Crippen molar-refractivity contribution >= 4 is 27.9 Å². The Morgan fingerprint density at radius 1 is 1.06 bits per heavy atom. The van der Waals surface area contributed by atoms with Gasteiger partial charge in [0.2, 0.25) is 0 Å². The number of hydrogen-bond donors (Lipinski definition) is 0. The van der Waals surface area contributed by atoms with Gasteiger partial charge in [0.15, 0.2) is 0 Å². The van der Waals surface area contributed by atoms with Crippen molar-refractivity contribution in [3.05, 3.63) is 22.8 Å². The van der Waals surface area contributed by atoms with Crippen LogP contribution in [0.2, 0.25) is 0 Å². The Labute approximate surface area is 143 Å². The first-order valence-electron chi connectivity index (χ1n) is 5.48. The molecule has 0 heterocycles. The summed E-state index contributed by atoms with van der Waals surface area (Å²) in [5.41, 5.74) is 0. The molecular formula is C12H28BrN3STi. The van der Waals surface area contributed by atoms with E-state index in [0.29, 0.717) is 0 Å². The standard InChI is InChI=1S/C7H13BrNS.2C2H6N.CH3.Ti/c1-9-10-5-6-3-2-4-7(6)8;2*1-3-2;;/h6-7H,2-5H2,1H3;2*1-2H3;1H3;/q4*-1;+4/t6-,7?;;;;/m0..../s1. The second-order valence-electron chi connectivity index (χ2n) is 3.58. The zero-order chi connectivity index (χ0) is 12.8. The average Bonchev–Trinajstić information content (AvgIpc) is 2.63. The molecule has 0 bridgehead atoms. The van der Waals surface area contributed by atoms with Crippen molar-refractivity contribution in [1.29, 1.82) is 0 Å². The van der Waals surface area contributed by atoms with Crippen LogP contribution in [-0.2, 0) is 21.7 Å². The van der Waals surface area contributed by atoms with Gasteiger partial charge < -0.3 is 22.8 Å². The van der Waals surface area contributed by atoms with E-state index in [2.05, 4.69) is 31.3 Å². The number of halogens is 1. The molecule has 1 saturated carbocycles. The molecule has 1 aliphatic carbocycles. The summed E-state index contributed by atoms with van der Waals surface area (Å²) in [7, 11) is 8.86. The first-order valence-corrected chi connectivity index (χ1v) is 7.34. The summed E-state index contributed by atoms with van der Waals surface area (Å²) in [6, 6.07) is 0. The maximum absolute atomic E-state index is 4.03. The number of nitrogens with zero attached hydrogens (tertiary/aromatic N) is 3. The molecule has 0 N–H and O–H groups in total. The van der Waals surface area contributed by atoms with Crippen LogP contribution >= 0.6 is 27.9 Å². The van der Waals surface area contributed by atoms with Gasteiger partial charge in [-0.1, -0.05) is 22.4 Å². The Morgan fingerprint density at radius 3 is 1.78 bits per heavy atom. The van der Waals surface area contributed by atoms with Gasteiger partial charge in [-0.3, -0.25) is 11.9 Å². The Balaban J connectivity index is -0.000000106. The Morgan fingerprint density at radius 2 is 1.50 bits per heavy atom.